The van der Waals surface area contributed by atoms with Crippen molar-refractivity contribution in [3.8, 4) is 17.0 Å². The second-order valence-electron chi connectivity index (χ2n) is 4.88. The standard InChI is InChI=1S/C15H14ClN5O/c1-21(2)13-8-17-10-5-4-9(6-11(10)19-13)14-12(22-3)7-18-15(16)20-14/h4-8H,1-3H3. The van der Waals surface area contributed by atoms with Crippen molar-refractivity contribution >= 4 is 28.5 Å². The number of benzene rings is 1. The van der Waals surface area contributed by atoms with E-state index >= 15 is 0 Å². The van der Waals surface area contributed by atoms with Crippen LogP contribution in [0.1, 0.15) is 0 Å². The monoisotopic (exact) mass is 315 g/mol. The first-order valence-electron chi connectivity index (χ1n) is 6.59. The minimum atomic E-state index is 0.170. The smallest absolute Gasteiger partial charge is 0.223 e. The van der Waals surface area contributed by atoms with Gasteiger partial charge in [0.05, 0.1) is 30.5 Å². The molecule has 0 saturated carbocycles. The molecule has 2 aromatic heterocycles. The van der Waals surface area contributed by atoms with Crippen LogP contribution in [0.4, 0.5) is 5.82 Å². The molecular formula is C15H14ClN5O. The highest BCUT2D eigenvalue weighted by Crippen LogP contribution is 2.30. The third-order valence-electron chi connectivity index (χ3n) is 3.21. The minimum absolute atomic E-state index is 0.170. The predicted octanol–water partition coefficient (Wildman–Crippen LogP) is 2.81. The van der Waals surface area contributed by atoms with Crippen molar-refractivity contribution in [1.82, 2.24) is 19.9 Å². The van der Waals surface area contributed by atoms with Crippen LogP contribution in [-0.4, -0.2) is 41.1 Å². The van der Waals surface area contributed by atoms with Gasteiger partial charge in [0.15, 0.2) is 5.75 Å². The van der Waals surface area contributed by atoms with Gasteiger partial charge in [0.1, 0.15) is 11.5 Å². The Bertz CT molecular complexity index is 837. The number of hydrogen-bond acceptors (Lipinski definition) is 6. The molecule has 0 aliphatic rings. The molecule has 7 heteroatoms. The summed E-state index contributed by atoms with van der Waals surface area (Å²) in [5.74, 6) is 1.35. The Morgan fingerprint density at radius 2 is 1.86 bits per heavy atom. The molecule has 0 bridgehead atoms. The number of halogens is 1. The molecule has 0 radical (unpaired) electrons. The normalized spacial score (nSPS) is 10.7. The lowest BCUT2D eigenvalue weighted by Crippen LogP contribution is -2.10. The van der Waals surface area contributed by atoms with Crippen LogP contribution in [0.25, 0.3) is 22.3 Å². The maximum absolute atomic E-state index is 5.90. The van der Waals surface area contributed by atoms with Gasteiger partial charge in [0, 0.05) is 19.7 Å². The lowest BCUT2D eigenvalue weighted by molar-refractivity contribution is 0.412. The molecule has 3 rings (SSSR count). The average Bonchev–Trinajstić information content (AvgIpc) is 2.53. The maximum atomic E-state index is 5.90. The number of aromatic nitrogens is 4. The third kappa shape index (κ3) is 2.65. The van der Waals surface area contributed by atoms with Gasteiger partial charge >= 0.3 is 0 Å². The Balaban J connectivity index is 2.17. The molecule has 0 saturated heterocycles. The van der Waals surface area contributed by atoms with E-state index in [4.69, 9.17) is 16.3 Å². The SMILES string of the molecule is COc1cnc(Cl)nc1-c1ccc2ncc(N(C)C)nc2c1. The second-order valence-corrected chi connectivity index (χ2v) is 5.22. The Labute approximate surface area is 132 Å². The summed E-state index contributed by atoms with van der Waals surface area (Å²) in [6.07, 6.45) is 3.29. The highest BCUT2D eigenvalue weighted by molar-refractivity contribution is 6.28. The van der Waals surface area contributed by atoms with Gasteiger partial charge < -0.3 is 9.64 Å². The predicted molar refractivity (Wildman–Crippen MR) is 86.5 cm³/mol. The zero-order chi connectivity index (χ0) is 15.7. The number of methoxy groups -OCH3 is 1. The van der Waals surface area contributed by atoms with Crippen LogP contribution in [0.3, 0.4) is 0 Å². The van der Waals surface area contributed by atoms with Crippen LogP contribution in [0.15, 0.2) is 30.6 Å². The van der Waals surface area contributed by atoms with Crippen molar-refractivity contribution in [2.24, 2.45) is 0 Å². The van der Waals surface area contributed by atoms with Crippen molar-refractivity contribution in [2.45, 2.75) is 0 Å². The highest BCUT2D eigenvalue weighted by Gasteiger charge is 2.11. The number of nitrogens with zero attached hydrogens (tertiary/aromatic N) is 5. The number of hydrogen-bond donors (Lipinski definition) is 0. The molecule has 0 unspecified atom stereocenters. The Hall–Kier alpha value is -2.47. The first kappa shape index (κ1) is 14.5. The highest BCUT2D eigenvalue weighted by atomic mass is 35.5. The number of fused-ring (bicyclic) bond motifs is 1. The summed E-state index contributed by atoms with van der Waals surface area (Å²) in [5.41, 5.74) is 3.06. The van der Waals surface area contributed by atoms with E-state index in [1.54, 1.807) is 19.5 Å². The van der Waals surface area contributed by atoms with Crippen molar-refractivity contribution in [3.63, 3.8) is 0 Å². The van der Waals surface area contributed by atoms with Gasteiger partial charge in [-0.1, -0.05) is 6.07 Å². The average molecular weight is 316 g/mol. The largest absolute Gasteiger partial charge is 0.493 e. The summed E-state index contributed by atoms with van der Waals surface area (Å²) in [5, 5.41) is 0.170. The molecule has 0 aliphatic carbocycles. The summed E-state index contributed by atoms with van der Waals surface area (Å²) in [6, 6.07) is 5.72. The summed E-state index contributed by atoms with van der Waals surface area (Å²) < 4.78 is 5.30. The van der Waals surface area contributed by atoms with Crippen molar-refractivity contribution in [2.75, 3.05) is 26.1 Å². The molecule has 0 amide bonds. The van der Waals surface area contributed by atoms with E-state index < -0.39 is 0 Å². The summed E-state index contributed by atoms with van der Waals surface area (Å²) >= 11 is 5.90. The summed E-state index contributed by atoms with van der Waals surface area (Å²) in [7, 11) is 5.42. The van der Waals surface area contributed by atoms with Crippen LogP contribution < -0.4 is 9.64 Å². The van der Waals surface area contributed by atoms with Crippen molar-refractivity contribution < 1.29 is 4.74 Å². The van der Waals surface area contributed by atoms with Gasteiger partial charge in [0.25, 0.3) is 0 Å². The Morgan fingerprint density at radius 1 is 1.05 bits per heavy atom. The van der Waals surface area contributed by atoms with E-state index in [0.717, 1.165) is 22.4 Å². The molecule has 0 aliphatic heterocycles. The molecule has 6 nitrogen and oxygen atoms in total. The van der Waals surface area contributed by atoms with Crippen LogP contribution in [0, 0.1) is 0 Å². The van der Waals surface area contributed by atoms with Gasteiger partial charge in [-0.15, -0.1) is 0 Å². The quantitative estimate of drug-likeness (QED) is 0.693. The van der Waals surface area contributed by atoms with E-state index in [9.17, 15) is 0 Å². The van der Waals surface area contributed by atoms with Gasteiger partial charge in [0.2, 0.25) is 5.28 Å². The zero-order valence-electron chi connectivity index (χ0n) is 12.4. The fraction of sp³-hybridized carbons (Fsp3) is 0.200. The lowest BCUT2D eigenvalue weighted by Gasteiger charge is -2.12. The zero-order valence-corrected chi connectivity index (χ0v) is 13.2. The molecule has 0 atom stereocenters. The van der Waals surface area contributed by atoms with Crippen LogP contribution in [0.5, 0.6) is 5.75 Å². The van der Waals surface area contributed by atoms with E-state index in [1.807, 2.05) is 37.2 Å². The molecule has 0 N–H and O–H groups in total. The van der Waals surface area contributed by atoms with Gasteiger partial charge in [-0.2, -0.15) is 0 Å². The van der Waals surface area contributed by atoms with Gasteiger partial charge in [-0.05, 0) is 23.7 Å². The van der Waals surface area contributed by atoms with Crippen molar-refractivity contribution in [3.05, 3.63) is 35.9 Å². The van der Waals surface area contributed by atoms with Crippen molar-refractivity contribution in [1.29, 1.82) is 0 Å². The molecule has 112 valence electrons. The maximum Gasteiger partial charge on any atom is 0.223 e. The molecule has 0 fully saturated rings. The van der Waals surface area contributed by atoms with E-state index in [-0.39, 0.29) is 5.28 Å². The minimum Gasteiger partial charge on any atom is -0.493 e. The third-order valence-corrected chi connectivity index (χ3v) is 3.39. The fourth-order valence-corrected chi connectivity index (χ4v) is 2.20. The van der Waals surface area contributed by atoms with Gasteiger partial charge in [-0.3, -0.25) is 4.98 Å². The molecule has 0 spiro atoms. The molecule has 1 aromatic carbocycles. The second kappa shape index (κ2) is 5.73. The topological polar surface area (TPSA) is 64.0 Å². The van der Waals surface area contributed by atoms with Gasteiger partial charge in [-0.25, -0.2) is 15.0 Å². The van der Waals surface area contributed by atoms with E-state index in [2.05, 4.69) is 19.9 Å². The Kier molecular flexibility index (Phi) is 3.77. The molecule has 2 heterocycles. The van der Waals surface area contributed by atoms with Crippen LogP contribution in [-0.2, 0) is 0 Å². The molecule has 3 aromatic rings. The number of ether oxygens (including phenoxy) is 1. The fourth-order valence-electron chi connectivity index (χ4n) is 2.07. The first-order valence-corrected chi connectivity index (χ1v) is 6.97. The lowest BCUT2D eigenvalue weighted by atomic mass is 10.1. The molecular weight excluding hydrogens is 302 g/mol. The number of anilines is 1. The Morgan fingerprint density at radius 3 is 2.59 bits per heavy atom. The number of rotatable bonds is 3. The van der Waals surface area contributed by atoms with E-state index in [1.165, 1.54) is 0 Å². The summed E-state index contributed by atoms with van der Waals surface area (Å²) in [4.78, 5) is 19.1. The van der Waals surface area contributed by atoms with Crippen LogP contribution >= 0.6 is 11.6 Å². The van der Waals surface area contributed by atoms with E-state index in [0.29, 0.717) is 11.4 Å². The van der Waals surface area contributed by atoms with Crippen LogP contribution in [0.2, 0.25) is 5.28 Å². The summed E-state index contributed by atoms with van der Waals surface area (Å²) in [6.45, 7) is 0. The molecule has 22 heavy (non-hydrogen) atoms. The first-order chi connectivity index (χ1) is 10.6.